The Bertz CT molecular complexity index is 216. The molecule has 1 rings (SSSR count). The van der Waals surface area contributed by atoms with Gasteiger partial charge in [-0.05, 0) is 46.5 Å². The fourth-order valence-electron chi connectivity index (χ4n) is 1.74. The molecular formula is C12H24N2O. The Labute approximate surface area is 93.2 Å². The number of nitrogens with one attached hydrogen (secondary N) is 1. The van der Waals surface area contributed by atoms with E-state index in [9.17, 15) is 4.79 Å². The van der Waals surface area contributed by atoms with Crippen LogP contribution in [0.15, 0.2) is 0 Å². The normalized spacial score (nSPS) is 17.1. The molecule has 0 saturated heterocycles. The van der Waals surface area contributed by atoms with Crippen LogP contribution in [0.25, 0.3) is 0 Å². The molecule has 3 heteroatoms. The minimum Gasteiger partial charge on any atom is -0.333 e. The molecule has 0 heterocycles. The van der Waals surface area contributed by atoms with Gasteiger partial charge in [0.05, 0.1) is 0 Å². The molecule has 1 fully saturated rings. The van der Waals surface area contributed by atoms with Crippen molar-refractivity contribution < 1.29 is 4.79 Å². The monoisotopic (exact) mass is 212 g/mol. The highest BCUT2D eigenvalue weighted by Crippen LogP contribution is 2.27. The van der Waals surface area contributed by atoms with Crippen LogP contribution in [0, 0.1) is 5.92 Å². The third kappa shape index (κ3) is 4.10. The fourth-order valence-corrected chi connectivity index (χ4v) is 1.74. The van der Waals surface area contributed by atoms with E-state index in [0.29, 0.717) is 0 Å². The lowest BCUT2D eigenvalue weighted by Crippen LogP contribution is -2.50. The Morgan fingerprint density at radius 1 is 1.40 bits per heavy atom. The van der Waals surface area contributed by atoms with Crippen LogP contribution in [0.1, 0.15) is 47.0 Å². The number of amides is 2. The van der Waals surface area contributed by atoms with Gasteiger partial charge in [-0.1, -0.05) is 6.42 Å². The first kappa shape index (κ1) is 12.3. The Kier molecular flexibility index (Phi) is 4.00. The van der Waals surface area contributed by atoms with E-state index < -0.39 is 0 Å². The number of carbonyl (C=O) groups excluding carboxylic acids is 1. The Morgan fingerprint density at radius 3 is 2.33 bits per heavy atom. The molecule has 0 aliphatic heterocycles. The second kappa shape index (κ2) is 4.86. The van der Waals surface area contributed by atoms with Crippen molar-refractivity contribution >= 4 is 6.03 Å². The first-order valence-electron chi connectivity index (χ1n) is 5.99. The maximum atomic E-state index is 11.9. The van der Waals surface area contributed by atoms with E-state index in [4.69, 9.17) is 0 Å². The summed E-state index contributed by atoms with van der Waals surface area (Å²) in [7, 11) is 0. The molecule has 2 amide bonds. The maximum absolute atomic E-state index is 11.9. The molecule has 1 saturated carbocycles. The Morgan fingerprint density at radius 2 is 2.00 bits per heavy atom. The van der Waals surface area contributed by atoms with Crippen LogP contribution in [-0.4, -0.2) is 29.6 Å². The van der Waals surface area contributed by atoms with Gasteiger partial charge < -0.3 is 10.2 Å². The van der Waals surface area contributed by atoms with Crippen molar-refractivity contribution in [3.8, 4) is 0 Å². The molecule has 88 valence electrons. The van der Waals surface area contributed by atoms with Gasteiger partial charge in [0.25, 0.3) is 0 Å². The summed E-state index contributed by atoms with van der Waals surface area (Å²) in [5.41, 5.74) is -0.135. The molecule has 0 bridgehead atoms. The summed E-state index contributed by atoms with van der Waals surface area (Å²) in [6, 6.07) is 0.0805. The van der Waals surface area contributed by atoms with Crippen LogP contribution >= 0.6 is 0 Å². The quantitative estimate of drug-likeness (QED) is 0.766. The van der Waals surface area contributed by atoms with Crippen molar-refractivity contribution in [3.05, 3.63) is 0 Å². The lowest BCUT2D eigenvalue weighted by atomic mass is 9.85. The molecule has 0 aromatic rings. The summed E-state index contributed by atoms with van der Waals surface area (Å²) in [5, 5.41) is 3.01. The first-order chi connectivity index (χ1) is 6.92. The van der Waals surface area contributed by atoms with E-state index in [-0.39, 0.29) is 11.6 Å². The average molecular weight is 212 g/mol. The first-order valence-corrected chi connectivity index (χ1v) is 5.99. The van der Waals surface area contributed by atoms with Crippen LogP contribution in [0.3, 0.4) is 0 Å². The van der Waals surface area contributed by atoms with Crippen molar-refractivity contribution in [2.45, 2.75) is 52.5 Å². The smallest absolute Gasteiger partial charge is 0.317 e. The molecule has 3 nitrogen and oxygen atoms in total. The van der Waals surface area contributed by atoms with Crippen LogP contribution < -0.4 is 5.32 Å². The average Bonchev–Trinajstić information content (AvgIpc) is 1.98. The Hall–Kier alpha value is -0.730. The van der Waals surface area contributed by atoms with E-state index in [0.717, 1.165) is 19.0 Å². The standard InChI is InChI=1S/C12H24N2O/c1-5-14(9-10-7-6-8-10)11(15)13-12(2,3)4/h10H,5-9H2,1-4H3,(H,13,15). The second-order valence-electron chi connectivity index (χ2n) is 5.52. The van der Waals surface area contributed by atoms with Crippen molar-refractivity contribution in [2.24, 2.45) is 5.92 Å². The minimum absolute atomic E-state index is 0.0805. The molecule has 0 aromatic heterocycles. The largest absolute Gasteiger partial charge is 0.333 e. The number of hydrogen-bond donors (Lipinski definition) is 1. The van der Waals surface area contributed by atoms with Gasteiger partial charge in [0.15, 0.2) is 0 Å². The zero-order valence-corrected chi connectivity index (χ0v) is 10.5. The molecule has 1 aliphatic rings. The highest BCUT2D eigenvalue weighted by atomic mass is 16.2. The molecule has 1 aliphatic carbocycles. The van der Waals surface area contributed by atoms with Crippen molar-refractivity contribution in [1.29, 1.82) is 0 Å². The van der Waals surface area contributed by atoms with Gasteiger partial charge >= 0.3 is 6.03 Å². The molecule has 0 radical (unpaired) electrons. The van der Waals surface area contributed by atoms with E-state index in [2.05, 4.69) is 5.32 Å². The molecule has 0 aromatic carbocycles. The number of hydrogen-bond acceptors (Lipinski definition) is 1. The van der Waals surface area contributed by atoms with Crippen LogP contribution in [0.4, 0.5) is 4.79 Å². The lowest BCUT2D eigenvalue weighted by Gasteiger charge is -2.33. The van der Waals surface area contributed by atoms with Crippen molar-refractivity contribution in [2.75, 3.05) is 13.1 Å². The highest BCUT2D eigenvalue weighted by Gasteiger charge is 2.24. The summed E-state index contributed by atoms with van der Waals surface area (Å²) in [6.45, 7) is 9.82. The summed E-state index contributed by atoms with van der Waals surface area (Å²) in [5.74, 6) is 0.746. The molecule has 0 spiro atoms. The van der Waals surface area contributed by atoms with Crippen LogP contribution in [0.5, 0.6) is 0 Å². The highest BCUT2D eigenvalue weighted by molar-refractivity contribution is 5.74. The summed E-state index contributed by atoms with van der Waals surface area (Å²) in [6.07, 6.45) is 3.92. The van der Waals surface area contributed by atoms with Gasteiger partial charge in [-0.15, -0.1) is 0 Å². The summed E-state index contributed by atoms with van der Waals surface area (Å²) < 4.78 is 0. The molecule has 1 N–H and O–H groups in total. The third-order valence-electron chi connectivity index (χ3n) is 2.85. The number of carbonyl (C=O) groups is 1. The summed E-state index contributed by atoms with van der Waals surface area (Å²) >= 11 is 0. The second-order valence-corrected chi connectivity index (χ2v) is 5.52. The molecule has 0 atom stereocenters. The van der Waals surface area contributed by atoms with Crippen molar-refractivity contribution in [3.63, 3.8) is 0 Å². The van der Waals surface area contributed by atoms with Gasteiger partial charge in [0.1, 0.15) is 0 Å². The molecule has 0 unspecified atom stereocenters. The predicted molar refractivity (Wildman–Crippen MR) is 62.9 cm³/mol. The number of rotatable bonds is 3. The lowest BCUT2D eigenvalue weighted by molar-refractivity contribution is 0.164. The van der Waals surface area contributed by atoms with Gasteiger partial charge in [-0.25, -0.2) is 4.79 Å². The van der Waals surface area contributed by atoms with E-state index in [1.165, 1.54) is 19.3 Å². The van der Waals surface area contributed by atoms with Gasteiger partial charge in [-0.2, -0.15) is 0 Å². The minimum atomic E-state index is -0.135. The predicted octanol–water partition coefficient (Wildman–Crippen LogP) is 2.62. The van der Waals surface area contributed by atoms with Crippen LogP contribution in [0.2, 0.25) is 0 Å². The van der Waals surface area contributed by atoms with Crippen LogP contribution in [-0.2, 0) is 0 Å². The number of urea groups is 1. The zero-order chi connectivity index (χ0) is 11.5. The fraction of sp³-hybridized carbons (Fsp3) is 0.917. The van der Waals surface area contributed by atoms with E-state index in [1.54, 1.807) is 0 Å². The Balaban J connectivity index is 2.39. The van der Waals surface area contributed by atoms with E-state index >= 15 is 0 Å². The molecule has 15 heavy (non-hydrogen) atoms. The number of nitrogens with zero attached hydrogens (tertiary/aromatic N) is 1. The topological polar surface area (TPSA) is 32.3 Å². The van der Waals surface area contributed by atoms with Gasteiger partial charge in [-0.3, -0.25) is 0 Å². The SMILES string of the molecule is CCN(CC1CCC1)C(=O)NC(C)(C)C. The van der Waals surface area contributed by atoms with Gasteiger partial charge in [0, 0.05) is 18.6 Å². The third-order valence-corrected chi connectivity index (χ3v) is 2.85. The van der Waals surface area contributed by atoms with E-state index in [1.807, 2.05) is 32.6 Å². The van der Waals surface area contributed by atoms with Crippen molar-refractivity contribution in [1.82, 2.24) is 10.2 Å². The maximum Gasteiger partial charge on any atom is 0.317 e. The van der Waals surface area contributed by atoms with Gasteiger partial charge in [0.2, 0.25) is 0 Å². The molecular weight excluding hydrogens is 188 g/mol. The summed E-state index contributed by atoms with van der Waals surface area (Å²) in [4.78, 5) is 13.8. The zero-order valence-electron chi connectivity index (χ0n) is 10.5.